The molecule has 1 aromatic heterocycles. The van der Waals surface area contributed by atoms with Gasteiger partial charge in [0.2, 0.25) is 0 Å². The van der Waals surface area contributed by atoms with Crippen LogP contribution in [-0.2, 0) is 6.42 Å². The van der Waals surface area contributed by atoms with Crippen LogP contribution in [0.1, 0.15) is 51.8 Å². The van der Waals surface area contributed by atoms with Crippen molar-refractivity contribution >= 4 is 27.3 Å². The van der Waals surface area contributed by atoms with E-state index in [9.17, 15) is 0 Å². The summed E-state index contributed by atoms with van der Waals surface area (Å²) in [6.07, 6.45) is 5.45. The van der Waals surface area contributed by atoms with E-state index in [0.29, 0.717) is 0 Å². The smallest absolute Gasteiger partial charge is 0.0285 e. The highest BCUT2D eigenvalue weighted by molar-refractivity contribution is 9.10. The Balaban J connectivity index is 1.97. The van der Waals surface area contributed by atoms with Crippen LogP contribution < -0.4 is 5.32 Å². The zero-order valence-corrected chi connectivity index (χ0v) is 15.6. The highest BCUT2D eigenvalue weighted by Gasteiger charge is 2.29. The molecule has 3 atom stereocenters. The number of hydrogen-bond acceptors (Lipinski definition) is 2. The molecular formula is C17H28BrNS. The second-order valence-corrected chi connectivity index (χ2v) is 9.42. The molecule has 20 heavy (non-hydrogen) atoms. The molecule has 3 heteroatoms. The van der Waals surface area contributed by atoms with Crippen molar-refractivity contribution in [3.63, 3.8) is 0 Å². The third-order valence-electron chi connectivity index (χ3n) is 4.38. The van der Waals surface area contributed by atoms with Crippen molar-refractivity contribution in [1.29, 1.82) is 0 Å². The van der Waals surface area contributed by atoms with E-state index in [-0.39, 0.29) is 5.54 Å². The van der Waals surface area contributed by atoms with Crippen molar-refractivity contribution in [1.82, 2.24) is 5.32 Å². The highest BCUT2D eigenvalue weighted by Crippen LogP contribution is 2.37. The molecule has 0 bridgehead atoms. The van der Waals surface area contributed by atoms with Crippen LogP contribution in [0.25, 0.3) is 0 Å². The SMILES string of the molecule is CC1CCC(CNC(C)(C)C)C(Cc2cc(Br)cs2)C1. The summed E-state index contributed by atoms with van der Waals surface area (Å²) in [7, 11) is 0. The minimum Gasteiger partial charge on any atom is -0.312 e. The van der Waals surface area contributed by atoms with Crippen LogP contribution in [-0.4, -0.2) is 12.1 Å². The molecule has 1 aliphatic carbocycles. The molecule has 0 saturated heterocycles. The minimum atomic E-state index is 0.236. The third-order valence-corrected chi connectivity index (χ3v) is 6.10. The fourth-order valence-corrected chi connectivity index (χ4v) is 4.78. The Labute approximate surface area is 136 Å². The first-order chi connectivity index (χ1) is 9.33. The number of halogens is 1. The fraction of sp³-hybridized carbons (Fsp3) is 0.765. The van der Waals surface area contributed by atoms with E-state index in [1.807, 2.05) is 11.3 Å². The largest absolute Gasteiger partial charge is 0.312 e. The zero-order valence-electron chi connectivity index (χ0n) is 13.2. The van der Waals surface area contributed by atoms with Gasteiger partial charge in [0.25, 0.3) is 0 Å². The van der Waals surface area contributed by atoms with Gasteiger partial charge in [0.15, 0.2) is 0 Å². The van der Waals surface area contributed by atoms with E-state index in [0.717, 1.165) is 17.8 Å². The van der Waals surface area contributed by atoms with Crippen LogP contribution >= 0.6 is 27.3 Å². The van der Waals surface area contributed by atoms with E-state index in [1.54, 1.807) is 0 Å². The molecule has 1 saturated carbocycles. The second kappa shape index (κ2) is 6.93. The van der Waals surface area contributed by atoms with Gasteiger partial charge in [0, 0.05) is 20.3 Å². The van der Waals surface area contributed by atoms with E-state index in [2.05, 4.69) is 60.4 Å². The van der Waals surface area contributed by atoms with Gasteiger partial charge < -0.3 is 5.32 Å². The molecule has 0 spiro atoms. The molecule has 0 amide bonds. The van der Waals surface area contributed by atoms with Crippen LogP contribution in [0.15, 0.2) is 15.9 Å². The van der Waals surface area contributed by atoms with Crippen molar-refractivity contribution in [2.75, 3.05) is 6.54 Å². The second-order valence-electron chi connectivity index (χ2n) is 7.50. The molecule has 2 rings (SSSR count). The van der Waals surface area contributed by atoms with Crippen molar-refractivity contribution in [2.45, 2.75) is 58.9 Å². The Morgan fingerprint density at radius 2 is 2.05 bits per heavy atom. The van der Waals surface area contributed by atoms with Crippen LogP contribution in [0.3, 0.4) is 0 Å². The van der Waals surface area contributed by atoms with Crippen molar-refractivity contribution in [2.24, 2.45) is 17.8 Å². The average molecular weight is 358 g/mol. The number of hydrogen-bond donors (Lipinski definition) is 1. The van der Waals surface area contributed by atoms with Gasteiger partial charge in [-0.3, -0.25) is 0 Å². The Hall–Kier alpha value is 0.140. The zero-order chi connectivity index (χ0) is 14.8. The molecule has 1 aromatic rings. The van der Waals surface area contributed by atoms with Gasteiger partial charge in [0.1, 0.15) is 0 Å². The molecule has 1 fully saturated rings. The summed E-state index contributed by atoms with van der Waals surface area (Å²) < 4.78 is 1.24. The monoisotopic (exact) mass is 357 g/mol. The maximum atomic E-state index is 3.72. The number of rotatable bonds is 4. The van der Waals surface area contributed by atoms with Gasteiger partial charge in [-0.25, -0.2) is 0 Å². The molecule has 0 radical (unpaired) electrons. The third kappa shape index (κ3) is 5.16. The lowest BCUT2D eigenvalue weighted by Crippen LogP contribution is -2.42. The molecule has 114 valence electrons. The van der Waals surface area contributed by atoms with Crippen LogP contribution in [0.5, 0.6) is 0 Å². The standard InChI is InChI=1S/C17H28BrNS/c1-12-5-6-13(10-19-17(2,3)4)14(7-12)8-16-9-15(18)11-20-16/h9,11-14,19H,5-8,10H2,1-4H3. The van der Waals surface area contributed by atoms with Crippen LogP contribution in [0.4, 0.5) is 0 Å². The van der Waals surface area contributed by atoms with Crippen molar-refractivity contribution < 1.29 is 0 Å². The Morgan fingerprint density at radius 1 is 1.30 bits per heavy atom. The van der Waals surface area contributed by atoms with E-state index < -0.39 is 0 Å². The maximum Gasteiger partial charge on any atom is 0.0285 e. The van der Waals surface area contributed by atoms with Gasteiger partial charge in [-0.05, 0) is 86.3 Å². The van der Waals surface area contributed by atoms with Crippen LogP contribution in [0, 0.1) is 17.8 Å². The predicted molar refractivity (Wildman–Crippen MR) is 93.5 cm³/mol. The lowest BCUT2D eigenvalue weighted by atomic mass is 9.73. The quantitative estimate of drug-likeness (QED) is 0.750. The fourth-order valence-electron chi connectivity index (χ4n) is 3.24. The Bertz CT molecular complexity index is 421. The van der Waals surface area contributed by atoms with Gasteiger partial charge in [0.05, 0.1) is 0 Å². The normalized spacial score (nSPS) is 27.8. The molecule has 1 nitrogen and oxygen atoms in total. The topological polar surface area (TPSA) is 12.0 Å². The maximum absolute atomic E-state index is 3.72. The summed E-state index contributed by atoms with van der Waals surface area (Å²) in [5.41, 5.74) is 0.236. The summed E-state index contributed by atoms with van der Waals surface area (Å²) in [5.74, 6) is 2.58. The predicted octanol–water partition coefficient (Wildman–Crippen LogP) is 5.49. The summed E-state index contributed by atoms with van der Waals surface area (Å²) in [6.45, 7) is 10.4. The van der Waals surface area contributed by atoms with Crippen molar-refractivity contribution in [3.8, 4) is 0 Å². The van der Waals surface area contributed by atoms with Gasteiger partial charge in [-0.2, -0.15) is 0 Å². The first kappa shape index (κ1) is 16.5. The summed E-state index contributed by atoms with van der Waals surface area (Å²) >= 11 is 5.48. The first-order valence-electron chi connectivity index (χ1n) is 7.81. The summed E-state index contributed by atoms with van der Waals surface area (Å²) in [4.78, 5) is 1.54. The molecular weight excluding hydrogens is 330 g/mol. The van der Waals surface area contributed by atoms with Gasteiger partial charge in [-0.1, -0.05) is 13.3 Å². The summed E-state index contributed by atoms with van der Waals surface area (Å²) in [6, 6.07) is 2.30. The molecule has 0 aliphatic heterocycles. The van der Waals surface area contributed by atoms with E-state index in [1.165, 1.54) is 41.6 Å². The van der Waals surface area contributed by atoms with Gasteiger partial charge in [-0.15, -0.1) is 11.3 Å². The number of thiophene rings is 1. The van der Waals surface area contributed by atoms with Gasteiger partial charge >= 0.3 is 0 Å². The lowest BCUT2D eigenvalue weighted by Gasteiger charge is -2.36. The molecule has 3 unspecified atom stereocenters. The Kier molecular flexibility index (Phi) is 5.72. The average Bonchev–Trinajstić information content (AvgIpc) is 2.72. The summed E-state index contributed by atoms with van der Waals surface area (Å²) in [5, 5.41) is 5.93. The first-order valence-corrected chi connectivity index (χ1v) is 9.48. The van der Waals surface area contributed by atoms with Crippen molar-refractivity contribution in [3.05, 3.63) is 20.8 Å². The molecule has 1 aliphatic rings. The molecule has 1 N–H and O–H groups in total. The lowest BCUT2D eigenvalue weighted by molar-refractivity contribution is 0.175. The minimum absolute atomic E-state index is 0.236. The highest BCUT2D eigenvalue weighted by atomic mass is 79.9. The number of nitrogens with one attached hydrogen (secondary N) is 1. The van der Waals surface area contributed by atoms with E-state index in [4.69, 9.17) is 0 Å². The Morgan fingerprint density at radius 3 is 2.65 bits per heavy atom. The molecule has 0 aromatic carbocycles. The van der Waals surface area contributed by atoms with Crippen LogP contribution in [0.2, 0.25) is 0 Å². The van der Waals surface area contributed by atoms with E-state index >= 15 is 0 Å². The molecule has 1 heterocycles.